The second kappa shape index (κ2) is 11.0. The van der Waals surface area contributed by atoms with Gasteiger partial charge in [-0.15, -0.1) is 0 Å². The Hall–Kier alpha value is -3.43. The van der Waals surface area contributed by atoms with Crippen LogP contribution in [0, 0.1) is 25.2 Å². The zero-order valence-corrected chi connectivity index (χ0v) is 23.8. The number of anilines is 1. The van der Waals surface area contributed by atoms with E-state index in [0.717, 1.165) is 28.0 Å². The fraction of sp³-hybridized carbons (Fsp3) is 0.226. The molecule has 0 amide bonds. The van der Waals surface area contributed by atoms with Crippen molar-refractivity contribution >= 4 is 46.3 Å². The molecule has 1 aliphatic carbocycles. The van der Waals surface area contributed by atoms with E-state index >= 15 is 0 Å². The molecule has 0 bridgehead atoms. The Balaban J connectivity index is 1.66. The van der Waals surface area contributed by atoms with E-state index in [1.165, 1.54) is 0 Å². The normalized spacial score (nSPS) is 17.3. The number of ether oxygens (including phenoxy) is 1. The maximum atomic E-state index is 13.6. The van der Waals surface area contributed by atoms with Crippen LogP contribution in [0.15, 0.2) is 77.3 Å². The summed E-state index contributed by atoms with van der Waals surface area (Å²) < 4.78 is 6.05. The summed E-state index contributed by atoms with van der Waals surface area (Å²) in [5.74, 6) is 0.269. The van der Waals surface area contributed by atoms with Crippen LogP contribution in [0.25, 0.3) is 0 Å². The third-order valence-electron chi connectivity index (χ3n) is 7.25. The number of allylic oxidation sites excluding steroid dienone is 3. The Morgan fingerprint density at radius 2 is 1.77 bits per heavy atom. The number of hydrogen-bond donors (Lipinski definition) is 1. The van der Waals surface area contributed by atoms with E-state index in [9.17, 15) is 10.1 Å². The number of carbonyl (C=O) groups is 1. The molecule has 0 fully saturated rings. The van der Waals surface area contributed by atoms with Crippen LogP contribution in [-0.4, -0.2) is 5.78 Å². The van der Waals surface area contributed by atoms with Gasteiger partial charge in [0.15, 0.2) is 5.78 Å². The highest BCUT2D eigenvalue weighted by molar-refractivity contribution is 6.35. The van der Waals surface area contributed by atoms with Gasteiger partial charge in [-0.2, -0.15) is 5.26 Å². The van der Waals surface area contributed by atoms with Crippen molar-refractivity contribution in [3.63, 3.8) is 0 Å². The molecule has 0 spiro atoms. The highest BCUT2D eigenvalue weighted by atomic mass is 35.5. The van der Waals surface area contributed by atoms with Gasteiger partial charge in [0.25, 0.3) is 0 Å². The first-order valence-electron chi connectivity index (χ1n) is 12.6. The molecule has 0 saturated carbocycles. The zero-order valence-electron chi connectivity index (χ0n) is 21.5. The quantitative estimate of drug-likeness (QED) is 0.330. The SMILES string of the molecule is Cc1cc(COc2ccccc2Cl)c(C)c(C2C(C#N)=C(N)N(c3cc(Cl)cc(Cl)c3)C3=C2C(=O)CCC3)c1. The highest BCUT2D eigenvalue weighted by Crippen LogP contribution is 2.48. The number of nitriles is 1. The van der Waals surface area contributed by atoms with Gasteiger partial charge in [-0.05, 0) is 73.7 Å². The number of ketones is 1. The maximum Gasteiger partial charge on any atom is 0.161 e. The summed E-state index contributed by atoms with van der Waals surface area (Å²) in [6.45, 7) is 4.26. The molecule has 0 saturated heterocycles. The Kier molecular flexibility index (Phi) is 7.64. The summed E-state index contributed by atoms with van der Waals surface area (Å²) in [4.78, 5) is 15.3. The molecule has 2 N–H and O–H groups in total. The van der Waals surface area contributed by atoms with Crippen LogP contribution in [0.2, 0.25) is 15.1 Å². The third kappa shape index (κ3) is 5.13. The molecule has 0 radical (unpaired) electrons. The smallest absolute Gasteiger partial charge is 0.161 e. The molecule has 5 nitrogen and oxygen atoms in total. The first kappa shape index (κ1) is 27.1. The molecule has 3 aromatic carbocycles. The van der Waals surface area contributed by atoms with Crippen molar-refractivity contribution in [3.8, 4) is 11.8 Å². The van der Waals surface area contributed by atoms with Crippen LogP contribution in [0.1, 0.15) is 47.4 Å². The topological polar surface area (TPSA) is 79.3 Å². The molecule has 198 valence electrons. The van der Waals surface area contributed by atoms with E-state index in [-0.39, 0.29) is 18.2 Å². The number of nitrogens with two attached hydrogens (primary N) is 1. The molecule has 2 aliphatic rings. The number of aryl methyl sites for hydroxylation is 1. The van der Waals surface area contributed by atoms with E-state index in [1.54, 1.807) is 29.2 Å². The Bertz CT molecular complexity index is 1580. The average Bonchev–Trinajstić information content (AvgIpc) is 2.88. The minimum atomic E-state index is -0.595. The zero-order chi connectivity index (χ0) is 27.8. The lowest BCUT2D eigenvalue weighted by Gasteiger charge is -2.40. The number of nitrogens with zero attached hydrogens (tertiary/aromatic N) is 2. The van der Waals surface area contributed by atoms with Gasteiger partial charge in [-0.1, -0.05) is 64.6 Å². The third-order valence-corrected chi connectivity index (χ3v) is 8.00. The van der Waals surface area contributed by atoms with Crippen molar-refractivity contribution in [2.75, 3.05) is 4.90 Å². The van der Waals surface area contributed by atoms with Gasteiger partial charge in [0.1, 0.15) is 18.2 Å². The number of rotatable bonds is 5. The molecule has 1 atom stereocenters. The Labute approximate surface area is 243 Å². The first-order chi connectivity index (χ1) is 18.7. The Morgan fingerprint density at radius 1 is 1.05 bits per heavy atom. The number of carbonyl (C=O) groups excluding carboxylic acids is 1. The maximum absolute atomic E-state index is 13.6. The largest absolute Gasteiger partial charge is 0.487 e. The first-order valence-corrected chi connectivity index (χ1v) is 13.7. The van der Waals surface area contributed by atoms with Crippen LogP contribution in [-0.2, 0) is 11.4 Å². The second-order valence-corrected chi connectivity index (χ2v) is 11.1. The van der Waals surface area contributed by atoms with Gasteiger partial charge in [-0.25, -0.2) is 0 Å². The predicted molar refractivity (Wildman–Crippen MR) is 156 cm³/mol. The number of benzene rings is 3. The second-order valence-electron chi connectivity index (χ2n) is 9.80. The molecule has 39 heavy (non-hydrogen) atoms. The number of halogens is 3. The lowest BCUT2D eigenvalue weighted by molar-refractivity contribution is -0.116. The van der Waals surface area contributed by atoms with Crippen molar-refractivity contribution in [2.45, 2.75) is 45.6 Å². The predicted octanol–water partition coefficient (Wildman–Crippen LogP) is 8.15. The van der Waals surface area contributed by atoms with Crippen molar-refractivity contribution < 1.29 is 9.53 Å². The van der Waals surface area contributed by atoms with Gasteiger partial charge >= 0.3 is 0 Å². The lowest BCUT2D eigenvalue weighted by atomic mass is 9.73. The van der Waals surface area contributed by atoms with Gasteiger partial charge in [0.05, 0.1) is 28.3 Å². The number of para-hydroxylation sites is 1. The molecule has 1 aliphatic heterocycles. The summed E-state index contributed by atoms with van der Waals surface area (Å²) in [6, 6.07) is 18.8. The molecule has 5 rings (SSSR count). The Morgan fingerprint density at radius 3 is 2.46 bits per heavy atom. The minimum absolute atomic E-state index is 0.00870. The summed E-state index contributed by atoms with van der Waals surface area (Å²) in [7, 11) is 0. The standard InChI is InChI=1S/C31H26Cl3N3O2/c1-17-10-19(16-39-28-9-4-3-6-25(28)34)18(2)23(11-17)29-24(15-35)31(36)37(22-13-20(32)12-21(33)14-22)26-7-5-8-27(38)30(26)29/h3-4,6,9-14,29H,5,7-8,16,36H2,1-2H3. The van der Waals surface area contributed by atoms with Gasteiger partial charge in [0.2, 0.25) is 0 Å². The average molecular weight is 579 g/mol. The minimum Gasteiger partial charge on any atom is -0.487 e. The molecular formula is C31H26Cl3N3O2. The van der Waals surface area contributed by atoms with Crippen molar-refractivity contribution in [1.82, 2.24) is 0 Å². The fourth-order valence-electron chi connectivity index (χ4n) is 5.49. The summed E-state index contributed by atoms with van der Waals surface area (Å²) in [5.41, 5.74) is 12.8. The van der Waals surface area contributed by atoms with E-state index in [0.29, 0.717) is 56.9 Å². The van der Waals surface area contributed by atoms with Crippen molar-refractivity contribution in [1.29, 1.82) is 5.26 Å². The van der Waals surface area contributed by atoms with Crippen molar-refractivity contribution in [3.05, 3.63) is 115 Å². The molecule has 8 heteroatoms. The number of Topliss-reactive ketones (excluding diaryl/α,β-unsaturated/α-hetero) is 1. The van der Waals surface area contributed by atoms with E-state index in [2.05, 4.69) is 12.1 Å². The lowest BCUT2D eigenvalue weighted by Crippen LogP contribution is -2.39. The summed E-state index contributed by atoms with van der Waals surface area (Å²) in [6.07, 6.45) is 1.73. The summed E-state index contributed by atoms with van der Waals surface area (Å²) >= 11 is 18.9. The van der Waals surface area contributed by atoms with E-state index in [1.807, 2.05) is 38.1 Å². The summed E-state index contributed by atoms with van der Waals surface area (Å²) in [5, 5.41) is 11.8. The molecular weight excluding hydrogens is 553 g/mol. The highest BCUT2D eigenvalue weighted by Gasteiger charge is 2.41. The van der Waals surface area contributed by atoms with Crippen LogP contribution in [0.3, 0.4) is 0 Å². The van der Waals surface area contributed by atoms with Crippen LogP contribution in [0.5, 0.6) is 5.75 Å². The van der Waals surface area contributed by atoms with Gasteiger partial charge in [-0.3, -0.25) is 9.69 Å². The molecule has 1 heterocycles. The van der Waals surface area contributed by atoms with Crippen molar-refractivity contribution in [2.24, 2.45) is 5.73 Å². The monoisotopic (exact) mass is 577 g/mol. The van der Waals surface area contributed by atoms with Gasteiger partial charge < -0.3 is 10.5 Å². The fourth-order valence-corrected chi connectivity index (χ4v) is 6.20. The van der Waals surface area contributed by atoms with E-state index in [4.69, 9.17) is 45.3 Å². The van der Waals surface area contributed by atoms with Gasteiger partial charge in [0, 0.05) is 27.7 Å². The van der Waals surface area contributed by atoms with Crippen LogP contribution in [0.4, 0.5) is 5.69 Å². The van der Waals surface area contributed by atoms with E-state index < -0.39 is 5.92 Å². The molecule has 0 aromatic heterocycles. The molecule has 1 unspecified atom stereocenters. The van der Waals surface area contributed by atoms with Crippen LogP contribution >= 0.6 is 34.8 Å². The van der Waals surface area contributed by atoms with Crippen LogP contribution < -0.4 is 15.4 Å². The molecule has 3 aromatic rings. The number of hydrogen-bond acceptors (Lipinski definition) is 5.